The van der Waals surface area contributed by atoms with E-state index in [2.05, 4.69) is 184 Å². The third-order valence-corrected chi connectivity index (χ3v) is 24.4. The van der Waals surface area contributed by atoms with Crippen LogP contribution >= 0.6 is 0 Å². The molecule has 16 aromatic carbocycles. The van der Waals surface area contributed by atoms with Gasteiger partial charge in [-0.15, -0.1) is 0 Å². The fourth-order valence-electron chi connectivity index (χ4n) is 15.7. The van der Waals surface area contributed by atoms with Crippen LogP contribution in [0.3, 0.4) is 0 Å². The number of halogens is 3. The molecular weight excluding hydrogens is 1680 g/mol. The summed E-state index contributed by atoms with van der Waals surface area (Å²) in [4.78, 5) is 48.6. The van der Waals surface area contributed by atoms with Crippen LogP contribution in [0.5, 0.6) is 5.75 Å². The second-order valence-corrected chi connectivity index (χ2v) is 34.4. The van der Waals surface area contributed by atoms with Crippen molar-refractivity contribution in [3.63, 3.8) is 0 Å². The number of alkyl halides is 3. The van der Waals surface area contributed by atoms with E-state index in [1.165, 1.54) is 34.5 Å². The average Bonchev–Trinajstić information content (AvgIpc) is 1.21. The highest BCUT2D eigenvalue weighted by Gasteiger charge is 2.52. The van der Waals surface area contributed by atoms with Gasteiger partial charge in [-0.3, -0.25) is 0 Å². The van der Waals surface area contributed by atoms with Gasteiger partial charge in [0.25, 0.3) is 0 Å². The molecule has 1 fully saturated rings. The van der Waals surface area contributed by atoms with Gasteiger partial charge in [-0.25, -0.2) is 49.8 Å². The fraction of sp³-hybridized carbons (Fsp3) is 0.0619. The van der Waals surface area contributed by atoms with E-state index in [1.54, 1.807) is 12.1 Å². The molecular formula is C113H82BF3N10O5S. The van der Waals surface area contributed by atoms with Crippen LogP contribution in [0.15, 0.2) is 425 Å². The molecule has 1 aliphatic heterocycles. The molecule has 133 heavy (non-hydrogen) atoms. The van der Waals surface area contributed by atoms with Gasteiger partial charge in [0.05, 0.1) is 34.0 Å². The molecule has 5 heterocycles. The Balaban J connectivity index is 0.000000134. The Kier molecular flexibility index (Phi) is 24.3. The highest BCUT2D eigenvalue weighted by atomic mass is 32.2. The van der Waals surface area contributed by atoms with Crippen molar-refractivity contribution in [1.82, 2.24) is 49.8 Å². The zero-order valence-electron chi connectivity index (χ0n) is 72.5. The summed E-state index contributed by atoms with van der Waals surface area (Å²) in [5, 5.41) is 3.59. The van der Waals surface area contributed by atoms with Crippen molar-refractivity contribution < 1.29 is 35.1 Å². The van der Waals surface area contributed by atoms with Crippen LogP contribution in [0.1, 0.15) is 27.7 Å². The first-order valence-electron chi connectivity index (χ1n) is 43.3. The molecule has 0 saturated carbocycles. The van der Waals surface area contributed by atoms with Crippen molar-refractivity contribution in [3.05, 3.63) is 425 Å². The number of benzene rings is 16. The lowest BCUT2D eigenvalue weighted by Crippen LogP contribution is -2.41. The maximum absolute atomic E-state index is 12.8. The maximum Gasteiger partial charge on any atom is 0.534 e. The minimum atomic E-state index is -5.77. The summed E-state index contributed by atoms with van der Waals surface area (Å²) < 4.78 is 77.9. The normalized spacial score (nSPS) is 12.7. The summed E-state index contributed by atoms with van der Waals surface area (Å²) in [5.41, 5.74) is 16.0. The molecule has 0 radical (unpaired) electrons. The Morgan fingerprint density at radius 2 is 0.496 bits per heavy atom. The minimum Gasteiger partial charge on any atom is -0.399 e. The highest BCUT2D eigenvalue weighted by molar-refractivity contribution is 7.88. The zero-order valence-corrected chi connectivity index (χ0v) is 73.4. The monoisotopic (exact) mass is 1760 g/mol. The third kappa shape index (κ3) is 19.3. The molecule has 0 N–H and O–H groups in total. The smallest absolute Gasteiger partial charge is 0.399 e. The van der Waals surface area contributed by atoms with Gasteiger partial charge in [0.2, 0.25) is 0 Å². The first kappa shape index (κ1) is 86.1. The van der Waals surface area contributed by atoms with E-state index in [9.17, 15) is 21.6 Å². The Hall–Kier alpha value is -16.3. The number of nitrogens with zero attached hydrogens (tertiary/aromatic N) is 10. The molecule has 0 bridgehead atoms. The second-order valence-electron chi connectivity index (χ2n) is 32.8. The zero-order chi connectivity index (χ0) is 91.1. The Labute approximate surface area is 768 Å². The fourth-order valence-corrected chi connectivity index (χ4v) is 16.1. The van der Waals surface area contributed by atoms with Gasteiger partial charge in [-0.05, 0) is 118 Å². The SMILES string of the molecule is CC1(C)OB(c2ccc(-c3cc(-c4ccccc4)nc(-c4ccccc4)n3)cc2)OC1(C)C.O=S(=O)(Oc1ccc2c(-c3ccc(-c4nc(-c5ccccc5)nc(-c5ccccc5)n4)cc3)cccc2c1)C(F)(F)F.c1ccc(-c2cc(-c3ccc(-c4ccc5c(-c6ccc(-c7nc(-c8ccccc8)nc(-c8ccccc8)n7)cc6)cccc5c4)cc3)nc(-c3ccccc3)n2)cc1. The topological polar surface area (TPSA) is 191 Å². The minimum absolute atomic E-state index is 0.363. The van der Waals surface area contributed by atoms with Crippen LogP contribution < -0.4 is 9.65 Å². The first-order chi connectivity index (χ1) is 64.7. The maximum atomic E-state index is 12.8. The van der Waals surface area contributed by atoms with E-state index in [0.29, 0.717) is 57.4 Å². The van der Waals surface area contributed by atoms with E-state index < -0.39 is 21.4 Å². The van der Waals surface area contributed by atoms with E-state index in [4.69, 9.17) is 59.1 Å². The van der Waals surface area contributed by atoms with Gasteiger partial charge in [0.1, 0.15) is 5.75 Å². The molecule has 644 valence electrons. The van der Waals surface area contributed by atoms with E-state index in [0.717, 1.165) is 123 Å². The van der Waals surface area contributed by atoms with Crippen molar-refractivity contribution in [2.24, 2.45) is 0 Å². The Morgan fingerprint density at radius 3 is 0.820 bits per heavy atom. The van der Waals surface area contributed by atoms with Crippen LogP contribution in [-0.4, -0.2) is 82.1 Å². The van der Waals surface area contributed by atoms with Crippen LogP contribution in [0.25, 0.3) is 191 Å². The molecule has 15 nitrogen and oxygen atoms in total. The predicted octanol–water partition coefficient (Wildman–Crippen LogP) is 26.8. The number of hydrogen-bond donors (Lipinski definition) is 0. The molecule has 0 amide bonds. The standard InChI is InChI=1S/C53H35N5.C32H20F3N3O3S.C28H27BN2O2/c1-5-14-38(15-6-1)48-35-49(55-50(54-48)40-16-7-2-8-17-40)39-28-24-36(25-29-39)44-32-33-47-45(34-44)22-13-23-46(47)37-26-30-43(31-27-37)53-57-51(41-18-9-3-10-19-41)56-52(58-53)42-20-11-4-12-21-42;33-32(34,35)42(39,40)41-26-18-19-28-25(20-26)12-7-13-27(28)21-14-16-24(17-15-21)31-37-29(22-8-3-1-4-9-22)36-30(38-31)23-10-5-2-6-11-23;1-27(2)28(3,4)33-29(32-27)23-17-15-21(16-18-23)25-19-24(20-11-7-5-8-12-20)30-26(31-25)22-13-9-6-10-14-22/h1-35H;1-20H;5-19H,1-4H3. The quantitative estimate of drug-likeness (QED) is 0.0447. The Bertz CT molecular complexity index is 7430. The highest BCUT2D eigenvalue weighted by Crippen LogP contribution is 2.41. The lowest BCUT2D eigenvalue weighted by Gasteiger charge is -2.32. The molecule has 4 aromatic heterocycles. The molecule has 0 atom stereocenters. The summed E-state index contributed by atoms with van der Waals surface area (Å²) in [5.74, 6) is 4.52. The summed E-state index contributed by atoms with van der Waals surface area (Å²) in [7, 11) is -6.15. The van der Waals surface area contributed by atoms with Crippen molar-refractivity contribution in [2.75, 3.05) is 0 Å². The third-order valence-electron chi connectivity index (χ3n) is 23.4. The average molecular weight is 1760 g/mol. The lowest BCUT2D eigenvalue weighted by molar-refractivity contribution is -0.0500. The van der Waals surface area contributed by atoms with Gasteiger partial charge < -0.3 is 13.5 Å². The van der Waals surface area contributed by atoms with Crippen molar-refractivity contribution in [2.45, 2.75) is 44.4 Å². The van der Waals surface area contributed by atoms with Crippen molar-refractivity contribution in [1.29, 1.82) is 0 Å². The van der Waals surface area contributed by atoms with Gasteiger partial charge in [-0.2, -0.15) is 21.6 Å². The lowest BCUT2D eigenvalue weighted by atomic mass is 9.79. The largest absolute Gasteiger partial charge is 0.534 e. The summed E-state index contributed by atoms with van der Waals surface area (Å²) in [6.45, 7) is 8.27. The van der Waals surface area contributed by atoms with E-state index in [1.807, 2.05) is 243 Å². The van der Waals surface area contributed by atoms with Crippen LogP contribution in [0.2, 0.25) is 0 Å². The molecule has 21 rings (SSSR count). The van der Waals surface area contributed by atoms with Crippen LogP contribution in [0.4, 0.5) is 13.2 Å². The first-order valence-corrected chi connectivity index (χ1v) is 44.7. The van der Waals surface area contributed by atoms with E-state index >= 15 is 0 Å². The molecule has 20 heteroatoms. The van der Waals surface area contributed by atoms with Crippen molar-refractivity contribution >= 4 is 44.2 Å². The summed E-state index contributed by atoms with van der Waals surface area (Å²) >= 11 is 0. The molecule has 0 unspecified atom stereocenters. The van der Waals surface area contributed by atoms with Gasteiger partial charge in [0.15, 0.2) is 46.6 Å². The number of fused-ring (bicyclic) bond motifs is 2. The number of rotatable bonds is 18. The molecule has 1 saturated heterocycles. The molecule has 0 aliphatic carbocycles. The predicted molar refractivity (Wildman–Crippen MR) is 525 cm³/mol. The molecule has 1 aliphatic rings. The number of hydrogen-bond acceptors (Lipinski definition) is 15. The molecule has 0 spiro atoms. The number of aromatic nitrogens is 10. The summed E-state index contributed by atoms with van der Waals surface area (Å²) in [6.07, 6.45) is 0. The van der Waals surface area contributed by atoms with Gasteiger partial charge in [-0.1, -0.05) is 394 Å². The van der Waals surface area contributed by atoms with Gasteiger partial charge >= 0.3 is 22.7 Å². The van der Waals surface area contributed by atoms with Crippen LogP contribution in [-0.2, 0) is 19.4 Å². The second kappa shape index (κ2) is 37.4. The van der Waals surface area contributed by atoms with E-state index in [-0.39, 0.29) is 18.3 Å². The molecule has 20 aromatic rings. The van der Waals surface area contributed by atoms with Crippen LogP contribution in [0, 0.1) is 0 Å². The summed E-state index contributed by atoms with van der Waals surface area (Å²) in [6, 6.07) is 140. The van der Waals surface area contributed by atoms with Crippen molar-refractivity contribution in [3.8, 4) is 175 Å². The Morgan fingerprint density at radius 1 is 0.248 bits per heavy atom. The van der Waals surface area contributed by atoms with Gasteiger partial charge in [0, 0.05) is 66.8 Å².